The van der Waals surface area contributed by atoms with Gasteiger partial charge >= 0.3 is 0 Å². The first kappa shape index (κ1) is 12.8. The summed E-state index contributed by atoms with van der Waals surface area (Å²) in [6.07, 6.45) is 0. The highest BCUT2D eigenvalue weighted by atomic mass is 14.8. The predicted molar refractivity (Wildman–Crippen MR) is 78.7 cm³/mol. The molecule has 1 N–H and O–H groups in total. The molecule has 0 radical (unpaired) electrons. The molecular formula is C17H21N. The molecule has 0 saturated carbocycles. The highest BCUT2D eigenvalue weighted by Gasteiger charge is 2.05. The van der Waals surface area contributed by atoms with Gasteiger partial charge in [-0.15, -0.1) is 0 Å². The smallest absolute Gasteiger partial charge is 0.0208 e. The van der Waals surface area contributed by atoms with Crippen molar-refractivity contribution in [2.75, 3.05) is 7.05 Å². The lowest BCUT2D eigenvalue weighted by atomic mass is 9.95. The van der Waals surface area contributed by atoms with Gasteiger partial charge in [-0.1, -0.05) is 62.4 Å². The van der Waals surface area contributed by atoms with Crippen LogP contribution in [-0.4, -0.2) is 7.05 Å². The highest BCUT2D eigenvalue weighted by molar-refractivity contribution is 5.68. The van der Waals surface area contributed by atoms with E-state index in [0.29, 0.717) is 5.92 Å². The Balaban J connectivity index is 2.45. The zero-order chi connectivity index (χ0) is 13.0. The summed E-state index contributed by atoms with van der Waals surface area (Å²) in [5, 5.41) is 3.23. The molecule has 0 atom stereocenters. The first-order valence-electron chi connectivity index (χ1n) is 6.55. The van der Waals surface area contributed by atoms with Crippen molar-refractivity contribution < 1.29 is 0 Å². The van der Waals surface area contributed by atoms with Crippen LogP contribution in [0.25, 0.3) is 11.1 Å². The molecule has 0 aromatic heterocycles. The fourth-order valence-electron chi connectivity index (χ4n) is 2.21. The number of nitrogens with one attached hydrogen (secondary N) is 1. The lowest BCUT2D eigenvalue weighted by Gasteiger charge is -2.12. The molecule has 0 saturated heterocycles. The van der Waals surface area contributed by atoms with Gasteiger partial charge in [-0.3, -0.25) is 0 Å². The Morgan fingerprint density at radius 3 is 2.50 bits per heavy atom. The van der Waals surface area contributed by atoms with E-state index in [4.69, 9.17) is 0 Å². The van der Waals surface area contributed by atoms with Crippen LogP contribution in [-0.2, 0) is 6.54 Å². The van der Waals surface area contributed by atoms with E-state index in [0.717, 1.165) is 6.54 Å². The third kappa shape index (κ3) is 2.80. The van der Waals surface area contributed by atoms with Crippen molar-refractivity contribution in [1.82, 2.24) is 5.32 Å². The van der Waals surface area contributed by atoms with Crippen LogP contribution in [0, 0.1) is 0 Å². The summed E-state index contributed by atoms with van der Waals surface area (Å²) in [4.78, 5) is 0. The van der Waals surface area contributed by atoms with E-state index in [2.05, 4.69) is 67.7 Å². The summed E-state index contributed by atoms with van der Waals surface area (Å²) in [5.41, 5.74) is 5.38. The van der Waals surface area contributed by atoms with Crippen LogP contribution in [0.15, 0.2) is 48.5 Å². The zero-order valence-corrected chi connectivity index (χ0v) is 11.4. The molecular weight excluding hydrogens is 218 g/mol. The van der Waals surface area contributed by atoms with Crippen LogP contribution in [0.1, 0.15) is 30.9 Å². The van der Waals surface area contributed by atoms with Gasteiger partial charge in [-0.05, 0) is 35.2 Å². The number of benzene rings is 2. The second-order valence-corrected chi connectivity index (χ2v) is 4.97. The molecule has 1 heteroatoms. The highest BCUT2D eigenvalue weighted by Crippen LogP contribution is 2.26. The summed E-state index contributed by atoms with van der Waals surface area (Å²) in [6.45, 7) is 5.37. The van der Waals surface area contributed by atoms with Crippen LogP contribution in [0.4, 0.5) is 0 Å². The van der Waals surface area contributed by atoms with E-state index in [1.165, 1.54) is 22.3 Å². The van der Waals surface area contributed by atoms with Gasteiger partial charge in [0, 0.05) is 6.54 Å². The average molecular weight is 239 g/mol. The molecule has 2 aromatic carbocycles. The largest absolute Gasteiger partial charge is 0.316 e. The fraction of sp³-hybridized carbons (Fsp3) is 0.294. The van der Waals surface area contributed by atoms with E-state index in [1.54, 1.807) is 0 Å². The maximum Gasteiger partial charge on any atom is 0.0208 e. The van der Waals surface area contributed by atoms with E-state index in [-0.39, 0.29) is 0 Å². The number of hydrogen-bond acceptors (Lipinski definition) is 1. The molecule has 2 aromatic rings. The van der Waals surface area contributed by atoms with Crippen molar-refractivity contribution in [1.29, 1.82) is 0 Å². The van der Waals surface area contributed by atoms with E-state index in [1.807, 2.05) is 7.05 Å². The van der Waals surface area contributed by atoms with Gasteiger partial charge in [0.25, 0.3) is 0 Å². The summed E-state index contributed by atoms with van der Waals surface area (Å²) in [7, 11) is 1.99. The molecule has 0 bridgehead atoms. The standard InChI is InChI=1S/C17H21N/c1-13(2)14-8-6-9-15(11-14)17-10-5-4-7-16(17)12-18-3/h4-11,13,18H,12H2,1-3H3. The maximum absolute atomic E-state index is 3.23. The third-order valence-corrected chi connectivity index (χ3v) is 3.25. The van der Waals surface area contributed by atoms with Crippen molar-refractivity contribution in [3.63, 3.8) is 0 Å². The fourth-order valence-corrected chi connectivity index (χ4v) is 2.21. The van der Waals surface area contributed by atoms with Crippen LogP contribution in [0.3, 0.4) is 0 Å². The van der Waals surface area contributed by atoms with Gasteiger partial charge in [-0.25, -0.2) is 0 Å². The second kappa shape index (κ2) is 5.83. The Morgan fingerprint density at radius 2 is 1.78 bits per heavy atom. The number of hydrogen-bond donors (Lipinski definition) is 1. The summed E-state index contributed by atoms with van der Waals surface area (Å²) >= 11 is 0. The van der Waals surface area contributed by atoms with Gasteiger partial charge < -0.3 is 5.32 Å². The Hall–Kier alpha value is -1.60. The summed E-state index contributed by atoms with van der Waals surface area (Å²) < 4.78 is 0. The molecule has 2 rings (SSSR count). The minimum atomic E-state index is 0.571. The van der Waals surface area contributed by atoms with Crippen molar-refractivity contribution in [3.05, 3.63) is 59.7 Å². The minimum absolute atomic E-state index is 0.571. The average Bonchev–Trinajstić information content (AvgIpc) is 2.40. The molecule has 0 fully saturated rings. The second-order valence-electron chi connectivity index (χ2n) is 4.97. The Bertz CT molecular complexity index is 515. The molecule has 94 valence electrons. The van der Waals surface area contributed by atoms with E-state index < -0.39 is 0 Å². The molecule has 1 nitrogen and oxygen atoms in total. The van der Waals surface area contributed by atoms with Crippen LogP contribution >= 0.6 is 0 Å². The van der Waals surface area contributed by atoms with Gasteiger partial charge in [0.15, 0.2) is 0 Å². The summed E-state index contributed by atoms with van der Waals surface area (Å²) in [5.74, 6) is 0.571. The van der Waals surface area contributed by atoms with Gasteiger partial charge in [0.05, 0.1) is 0 Å². The molecule has 0 aliphatic heterocycles. The van der Waals surface area contributed by atoms with Crippen molar-refractivity contribution >= 4 is 0 Å². The molecule has 0 amide bonds. The first-order valence-corrected chi connectivity index (χ1v) is 6.55. The Kier molecular flexibility index (Phi) is 4.16. The van der Waals surface area contributed by atoms with E-state index in [9.17, 15) is 0 Å². The topological polar surface area (TPSA) is 12.0 Å². The first-order chi connectivity index (χ1) is 8.72. The normalized spacial score (nSPS) is 10.9. The Morgan fingerprint density at radius 1 is 1.00 bits per heavy atom. The molecule has 0 aliphatic rings. The molecule has 18 heavy (non-hydrogen) atoms. The Labute approximate surface area is 110 Å². The third-order valence-electron chi connectivity index (χ3n) is 3.25. The van der Waals surface area contributed by atoms with Crippen LogP contribution in [0.2, 0.25) is 0 Å². The van der Waals surface area contributed by atoms with Crippen LogP contribution in [0.5, 0.6) is 0 Å². The molecule has 0 unspecified atom stereocenters. The van der Waals surface area contributed by atoms with Crippen LogP contribution < -0.4 is 5.32 Å². The predicted octanol–water partition coefficient (Wildman–Crippen LogP) is 4.20. The minimum Gasteiger partial charge on any atom is -0.316 e. The number of rotatable bonds is 4. The lowest BCUT2D eigenvalue weighted by molar-refractivity contribution is 0.819. The monoisotopic (exact) mass is 239 g/mol. The molecule has 0 aliphatic carbocycles. The van der Waals surface area contributed by atoms with Crippen molar-refractivity contribution in [2.24, 2.45) is 0 Å². The van der Waals surface area contributed by atoms with E-state index >= 15 is 0 Å². The van der Waals surface area contributed by atoms with Gasteiger partial charge in [0.2, 0.25) is 0 Å². The van der Waals surface area contributed by atoms with Gasteiger partial charge in [-0.2, -0.15) is 0 Å². The quantitative estimate of drug-likeness (QED) is 0.843. The summed E-state index contributed by atoms with van der Waals surface area (Å²) in [6, 6.07) is 17.5. The lowest BCUT2D eigenvalue weighted by Crippen LogP contribution is -2.06. The van der Waals surface area contributed by atoms with Gasteiger partial charge in [0.1, 0.15) is 0 Å². The molecule has 0 spiro atoms. The molecule has 0 heterocycles. The van der Waals surface area contributed by atoms with Crippen molar-refractivity contribution in [3.8, 4) is 11.1 Å². The zero-order valence-electron chi connectivity index (χ0n) is 11.4. The maximum atomic E-state index is 3.23. The van der Waals surface area contributed by atoms with Crippen molar-refractivity contribution in [2.45, 2.75) is 26.3 Å². The SMILES string of the molecule is CNCc1ccccc1-c1cccc(C(C)C)c1.